The fourth-order valence-corrected chi connectivity index (χ4v) is 8.53. The largest absolute Gasteiger partial charge is 0.344 e. The zero-order chi connectivity index (χ0) is 36.2. The van der Waals surface area contributed by atoms with Gasteiger partial charge in [-0.25, -0.2) is 0 Å². The first-order chi connectivity index (χ1) is 24.3. The fraction of sp³-hybridized carbons (Fsp3) is 0.293. The monoisotopic (exact) mass is 725 g/mol. The lowest BCUT2D eigenvalue weighted by Crippen LogP contribution is -2.28. The molecule has 0 amide bonds. The van der Waals surface area contributed by atoms with E-state index in [1.165, 1.54) is 11.1 Å². The summed E-state index contributed by atoms with van der Waals surface area (Å²) < 4.78 is 66.1. The number of benzene rings is 4. The Bertz CT molecular complexity index is 2330. The lowest BCUT2D eigenvalue weighted by atomic mass is 9.80. The normalized spacial score (nSPS) is 16.9. The van der Waals surface area contributed by atoms with Crippen molar-refractivity contribution in [3.63, 3.8) is 0 Å². The van der Waals surface area contributed by atoms with E-state index in [0.717, 1.165) is 50.7 Å². The standard InChI is InChI=1S/C41H44N2O6S2/c1-41(2)37-25-24-32-17-9-11-20-36(32)40(37)43(27-13-15-29-51(47,48)49)38(41)21-7-5-3-4-6-18-34-30-33-23-22-31-16-8-10-19-35(31)39(33)42(34)26-12-14-28-50(44,45)46/h3-11,16-25H,12-15,26-30H2,1-2H3,(H-,44,45,46,47,48,49)/p+1. The van der Waals surface area contributed by atoms with Crippen LogP contribution in [0.4, 0.5) is 11.4 Å². The first-order valence-corrected chi connectivity index (χ1v) is 20.6. The van der Waals surface area contributed by atoms with E-state index in [1.54, 1.807) is 0 Å². The van der Waals surface area contributed by atoms with Gasteiger partial charge in [-0.15, -0.1) is 0 Å². The number of nitrogens with zero attached hydrogens (tertiary/aromatic N) is 2. The van der Waals surface area contributed by atoms with Gasteiger partial charge in [0.15, 0.2) is 5.71 Å². The van der Waals surface area contributed by atoms with Gasteiger partial charge in [0.1, 0.15) is 6.54 Å². The number of unbranched alkanes of at least 4 members (excludes halogenated alkanes) is 2. The lowest BCUT2D eigenvalue weighted by molar-refractivity contribution is -0.436. The van der Waals surface area contributed by atoms with E-state index in [4.69, 9.17) is 0 Å². The summed E-state index contributed by atoms with van der Waals surface area (Å²) in [4.78, 5) is 2.28. The van der Waals surface area contributed by atoms with Crippen molar-refractivity contribution >= 4 is 58.9 Å². The molecule has 10 heteroatoms. The van der Waals surface area contributed by atoms with Gasteiger partial charge in [0.25, 0.3) is 20.2 Å². The smallest absolute Gasteiger partial charge is 0.264 e. The highest BCUT2D eigenvalue weighted by Gasteiger charge is 2.45. The Hall–Kier alpha value is -4.35. The highest BCUT2D eigenvalue weighted by atomic mass is 32.2. The van der Waals surface area contributed by atoms with Crippen molar-refractivity contribution in [1.82, 2.24) is 0 Å². The molecule has 51 heavy (non-hydrogen) atoms. The second kappa shape index (κ2) is 15.1. The van der Waals surface area contributed by atoms with Gasteiger partial charge in [0, 0.05) is 42.1 Å². The van der Waals surface area contributed by atoms with Gasteiger partial charge >= 0.3 is 0 Å². The zero-order valence-corrected chi connectivity index (χ0v) is 30.7. The Morgan fingerprint density at radius 2 is 1.33 bits per heavy atom. The molecule has 0 aliphatic carbocycles. The van der Waals surface area contributed by atoms with Crippen molar-refractivity contribution in [3.8, 4) is 0 Å². The third-order valence-corrected chi connectivity index (χ3v) is 11.4. The van der Waals surface area contributed by atoms with Gasteiger partial charge in [-0.3, -0.25) is 9.11 Å². The first kappa shape index (κ1) is 36.4. The van der Waals surface area contributed by atoms with Gasteiger partial charge in [0.2, 0.25) is 5.69 Å². The number of fused-ring (bicyclic) bond motifs is 6. The van der Waals surface area contributed by atoms with Gasteiger partial charge in [-0.2, -0.15) is 21.4 Å². The molecule has 0 unspecified atom stereocenters. The van der Waals surface area contributed by atoms with Crippen LogP contribution in [0, 0.1) is 0 Å². The maximum absolute atomic E-state index is 11.4. The minimum atomic E-state index is -4.01. The Labute approximate surface area is 301 Å². The number of rotatable bonds is 14. The summed E-state index contributed by atoms with van der Waals surface area (Å²) in [5, 5.41) is 4.62. The first-order valence-electron chi connectivity index (χ1n) is 17.4. The van der Waals surface area contributed by atoms with Crippen LogP contribution in [0.5, 0.6) is 0 Å². The Kier molecular flexibility index (Phi) is 10.8. The van der Waals surface area contributed by atoms with Crippen LogP contribution in [0.25, 0.3) is 21.5 Å². The summed E-state index contributed by atoms with van der Waals surface area (Å²) in [6.07, 6.45) is 17.0. The van der Waals surface area contributed by atoms with E-state index in [1.807, 2.05) is 54.6 Å². The molecule has 0 fully saturated rings. The lowest BCUT2D eigenvalue weighted by Gasteiger charge is -2.23. The average molecular weight is 726 g/mol. The van der Waals surface area contributed by atoms with Gasteiger partial charge in [-0.05, 0) is 61.6 Å². The second-order valence-electron chi connectivity index (χ2n) is 13.7. The molecule has 2 heterocycles. The van der Waals surface area contributed by atoms with Gasteiger partial charge in [0.05, 0.1) is 28.0 Å². The molecule has 0 saturated carbocycles. The van der Waals surface area contributed by atoms with E-state index in [9.17, 15) is 25.9 Å². The average Bonchev–Trinajstić information content (AvgIpc) is 3.54. The van der Waals surface area contributed by atoms with Crippen LogP contribution in [0.1, 0.15) is 50.7 Å². The third kappa shape index (κ3) is 8.42. The highest BCUT2D eigenvalue weighted by molar-refractivity contribution is 7.86. The molecule has 0 atom stereocenters. The molecule has 0 spiro atoms. The summed E-state index contributed by atoms with van der Waals surface area (Å²) in [5.74, 6) is -0.497. The fourth-order valence-electron chi connectivity index (χ4n) is 7.39. The van der Waals surface area contributed by atoms with Crippen LogP contribution in [-0.4, -0.2) is 60.8 Å². The van der Waals surface area contributed by atoms with E-state index < -0.39 is 20.2 Å². The topological polar surface area (TPSA) is 115 Å². The molecule has 0 radical (unpaired) electrons. The molecule has 2 aliphatic heterocycles. The van der Waals surface area contributed by atoms with Crippen molar-refractivity contribution < 1.29 is 30.5 Å². The molecule has 4 aromatic rings. The maximum atomic E-state index is 11.4. The summed E-state index contributed by atoms with van der Waals surface area (Å²) >= 11 is 0. The Balaban J connectivity index is 1.22. The molecular formula is C41H45N2O6S2+. The molecule has 4 aromatic carbocycles. The molecule has 6 rings (SSSR count). The number of hydrogen-bond acceptors (Lipinski definition) is 5. The van der Waals surface area contributed by atoms with Crippen molar-refractivity contribution in [3.05, 3.63) is 132 Å². The summed E-state index contributed by atoms with van der Waals surface area (Å²) in [6, 6.07) is 25.3. The van der Waals surface area contributed by atoms with Crippen LogP contribution >= 0.6 is 0 Å². The molecule has 0 saturated heterocycles. The van der Waals surface area contributed by atoms with Gasteiger partial charge < -0.3 is 4.90 Å². The number of hydrogen-bond donors (Lipinski definition) is 2. The van der Waals surface area contributed by atoms with E-state index in [-0.39, 0.29) is 16.9 Å². The van der Waals surface area contributed by atoms with Crippen LogP contribution in [0.3, 0.4) is 0 Å². The minimum absolute atomic E-state index is 0.245. The SMILES string of the molecule is CC1(C)C(/C=C/C=C/C=C/C=C2\Cc3ccc4ccccc4c3N2CCCCS(=O)(=O)O)=[N+](CCCCS(=O)(=O)O)c2c1ccc1ccccc21. The molecular weight excluding hydrogens is 681 g/mol. The van der Waals surface area contributed by atoms with E-state index in [2.05, 4.69) is 84.0 Å². The minimum Gasteiger partial charge on any atom is -0.344 e. The third-order valence-electron chi connectivity index (χ3n) is 9.80. The molecule has 2 N–H and O–H groups in total. The van der Waals surface area contributed by atoms with Crippen molar-refractivity contribution in [2.75, 3.05) is 29.5 Å². The molecule has 0 aromatic heterocycles. The van der Waals surface area contributed by atoms with Gasteiger partial charge in [-0.1, -0.05) is 97.1 Å². The summed E-state index contributed by atoms with van der Waals surface area (Å²) in [6.45, 7) is 5.70. The maximum Gasteiger partial charge on any atom is 0.264 e. The Morgan fingerprint density at radius 3 is 2.06 bits per heavy atom. The van der Waals surface area contributed by atoms with E-state index in [0.29, 0.717) is 38.8 Å². The molecule has 2 aliphatic rings. The van der Waals surface area contributed by atoms with Crippen LogP contribution in [0.15, 0.2) is 121 Å². The van der Waals surface area contributed by atoms with Crippen molar-refractivity contribution in [2.45, 2.75) is 51.4 Å². The molecule has 8 nitrogen and oxygen atoms in total. The number of allylic oxidation sites excluding steroid dienone is 8. The molecule has 266 valence electrons. The predicted molar refractivity (Wildman–Crippen MR) is 209 cm³/mol. The quantitative estimate of drug-likeness (QED) is 0.0582. The Morgan fingerprint density at radius 1 is 0.725 bits per heavy atom. The van der Waals surface area contributed by atoms with Crippen LogP contribution in [0.2, 0.25) is 0 Å². The summed E-state index contributed by atoms with van der Waals surface area (Å²) in [7, 11) is -8.00. The molecule has 0 bridgehead atoms. The predicted octanol–water partition coefficient (Wildman–Crippen LogP) is 8.32. The number of anilines is 1. The van der Waals surface area contributed by atoms with Crippen LogP contribution < -0.4 is 4.90 Å². The summed E-state index contributed by atoms with van der Waals surface area (Å²) in [5.41, 5.74) is 6.73. The van der Waals surface area contributed by atoms with Crippen molar-refractivity contribution in [1.29, 1.82) is 0 Å². The zero-order valence-electron chi connectivity index (χ0n) is 29.1. The van der Waals surface area contributed by atoms with Crippen molar-refractivity contribution in [2.24, 2.45) is 0 Å². The highest BCUT2D eigenvalue weighted by Crippen LogP contribution is 2.44. The van der Waals surface area contributed by atoms with Crippen LogP contribution in [-0.2, 0) is 32.1 Å². The van der Waals surface area contributed by atoms with E-state index >= 15 is 0 Å². The second-order valence-corrected chi connectivity index (χ2v) is 16.9.